The number of rotatable bonds is 5. The first-order chi connectivity index (χ1) is 20.0. The minimum atomic E-state index is -3.92. The molecule has 3 aromatic carbocycles. The topological polar surface area (TPSA) is 151 Å². The second kappa shape index (κ2) is 10.4. The van der Waals surface area contributed by atoms with Crippen LogP contribution >= 0.6 is 11.6 Å². The quantitative estimate of drug-likeness (QED) is 0.403. The van der Waals surface area contributed by atoms with E-state index in [1.54, 1.807) is 23.1 Å². The third-order valence-electron chi connectivity index (χ3n) is 7.60. The molecule has 2 atom stereocenters. The molecule has 3 N–H and O–H groups in total. The summed E-state index contributed by atoms with van der Waals surface area (Å²) in [4.78, 5) is 52.9. The van der Waals surface area contributed by atoms with E-state index in [2.05, 4.69) is 16.0 Å². The van der Waals surface area contributed by atoms with Gasteiger partial charge in [-0.3, -0.25) is 19.7 Å². The van der Waals surface area contributed by atoms with Crippen molar-refractivity contribution in [2.45, 2.75) is 29.4 Å². The molecule has 0 aromatic heterocycles. The molecule has 0 bridgehead atoms. The number of nitrogens with zero attached hydrogens (tertiary/aromatic N) is 1. The maximum Gasteiger partial charge on any atom is 0.412 e. The highest BCUT2D eigenvalue weighted by molar-refractivity contribution is 7.92. The number of nitrogens with one attached hydrogen (secondary N) is 3. The van der Waals surface area contributed by atoms with Crippen LogP contribution in [0.3, 0.4) is 0 Å². The molecular formula is C29H25ClN4O7S. The normalized spacial score (nSPS) is 20.9. The van der Waals surface area contributed by atoms with Gasteiger partial charge in [-0.15, -0.1) is 0 Å². The summed E-state index contributed by atoms with van der Waals surface area (Å²) in [7, 11) is -3.92. The van der Waals surface area contributed by atoms with Crippen molar-refractivity contribution in [3.8, 4) is 0 Å². The summed E-state index contributed by atoms with van der Waals surface area (Å²) < 4.78 is 30.9. The number of benzene rings is 3. The van der Waals surface area contributed by atoms with Gasteiger partial charge < -0.3 is 20.3 Å². The molecule has 3 aliphatic heterocycles. The lowest BCUT2D eigenvalue weighted by Gasteiger charge is -2.35. The zero-order chi connectivity index (χ0) is 29.6. The van der Waals surface area contributed by atoms with E-state index in [0.29, 0.717) is 22.7 Å². The second-order valence-corrected chi connectivity index (χ2v) is 12.8. The highest BCUT2D eigenvalue weighted by Gasteiger charge is 2.49. The van der Waals surface area contributed by atoms with Gasteiger partial charge in [-0.05, 0) is 42.0 Å². The Morgan fingerprint density at radius 2 is 1.79 bits per heavy atom. The van der Waals surface area contributed by atoms with E-state index in [9.17, 15) is 27.6 Å². The highest BCUT2D eigenvalue weighted by atomic mass is 35.5. The fraction of sp³-hybridized carbons (Fsp3) is 0.241. The van der Waals surface area contributed by atoms with Gasteiger partial charge in [0.15, 0.2) is 15.4 Å². The number of amides is 4. The van der Waals surface area contributed by atoms with Gasteiger partial charge in [0.05, 0.1) is 22.8 Å². The Kier molecular flexibility index (Phi) is 6.90. The Morgan fingerprint density at radius 1 is 1.02 bits per heavy atom. The molecule has 3 heterocycles. The highest BCUT2D eigenvalue weighted by Crippen LogP contribution is 2.44. The van der Waals surface area contributed by atoms with Crippen LogP contribution in [0.25, 0.3) is 0 Å². The Labute approximate surface area is 246 Å². The summed E-state index contributed by atoms with van der Waals surface area (Å²) in [6.07, 6.45) is -0.135. The molecule has 216 valence electrons. The van der Waals surface area contributed by atoms with Crippen LogP contribution in [0.5, 0.6) is 0 Å². The second-order valence-electron chi connectivity index (χ2n) is 10.4. The number of halogens is 1. The predicted octanol–water partition coefficient (Wildman–Crippen LogP) is 3.10. The lowest BCUT2D eigenvalue weighted by molar-refractivity contribution is -0.133. The minimum Gasteiger partial charge on any atom is -0.436 e. The van der Waals surface area contributed by atoms with Crippen LogP contribution in [0.2, 0.25) is 5.02 Å². The first kappa shape index (κ1) is 27.7. The number of sulfone groups is 1. The fourth-order valence-corrected chi connectivity index (χ4v) is 7.12. The van der Waals surface area contributed by atoms with Gasteiger partial charge in [-0.25, -0.2) is 13.2 Å². The molecule has 42 heavy (non-hydrogen) atoms. The van der Waals surface area contributed by atoms with E-state index in [0.717, 1.165) is 5.56 Å². The molecule has 3 aromatic rings. The van der Waals surface area contributed by atoms with Crippen LogP contribution in [-0.4, -0.2) is 62.0 Å². The molecule has 0 radical (unpaired) electrons. The van der Waals surface area contributed by atoms with E-state index in [4.69, 9.17) is 16.3 Å². The zero-order valence-corrected chi connectivity index (χ0v) is 23.6. The van der Waals surface area contributed by atoms with Crippen molar-refractivity contribution in [3.63, 3.8) is 0 Å². The predicted molar refractivity (Wildman–Crippen MR) is 153 cm³/mol. The largest absolute Gasteiger partial charge is 0.436 e. The molecule has 11 nitrogen and oxygen atoms in total. The Morgan fingerprint density at radius 3 is 2.57 bits per heavy atom. The van der Waals surface area contributed by atoms with E-state index >= 15 is 0 Å². The van der Waals surface area contributed by atoms with E-state index in [1.807, 2.05) is 30.3 Å². The van der Waals surface area contributed by atoms with Crippen LogP contribution in [0.15, 0.2) is 71.6 Å². The average Bonchev–Trinajstić information content (AvgIpc) is 3.36. The Hall–Kier alpha value is -4.42. The number of carbonyl (C=O) groups is 4. The fourth-order valence-electron chi connectivity index (χ4n) is 5.62. The van der Waals surface area contributed by atoms with Gasteiger partial charge >= 0.3 is 6.09 Å². The lowest BCUT2D eigenvalue weighted by atomic mass is 9.90. The molecule has 0 aliphatic carbocycles. The monoisotopic (exact) mass is 608 g/mol. The summed E-state index contributed by atoms with van der Waals surface area (Å²) in [5.74, 6) is -2.41. The van der Waals surface area contributed by atoms with Gasteiger partial charge in [0, 0.05) is 35.5 Å². The van der Waals surface area contributed by atoms with Crippen molar-refractivity contribution in [2.24, 2.45) is 0 Å². The standard InChI is InChI=1S/C29H25ClN4O7S/c30-19-7-9-21-20(14-19)29(41-28(38)33-21)10-11-34(16-29)27(37)23(12-17-4-2-1-3-5-17)32-26(36)18-6-8-22-24(13-18)42(39,40)15-25(35)31-22/h1-9,13-14,23H,10-12,15-16H2,(H,31,35)(H,32,36)(H,33,38). The lowest BCUT2D eigenvalue weighted by Crippen LogP contribution is -2.50. The van der Waals surface area contributed by atoms with Crippen molar-refractivity contribution < 1.29 is 32.3 Å². The van der Waals surface area contributed by atoms with Gasteiger partial charge in [0.2, 0.25) is 11.8 Å². The van der Waals surface area contributed by atoms with Crippen LogP contribution in [0.1, 0.15) is 27.9 Å². The molecule has 4 amide bonds. The van der Waals surface area contributed by atoms with Crippen LogP contribution in [-0.2, 0) is 36.2 Å². The number of carbonyl (C=O) groups excluding carboxylic acids is 4. The zero-order valence-electron chi connectivity index (χ0n) is 22.1. The SMILES string of the molecule is O=C1CS(=O)(=O)c2cc(C(=O)NC(Cc3ccccc3)C(=O)N3CCC4(C3)OC(=O)Nc3ccc(Cl)cc34)ccc2N1. The van der Waals surface area contributed by atoms with Crippen LogP contribution < -0.4 is 16.0 Å². The Balaban J connectivity index is 1.28. The maximum atomic E-state index is 14.0. The molecule has 1 saturated heterocycles. The smallest absolute Gasteiger partial charge is 0.412 e. The van der Waals surface area contributed by atoms with Gasteiger partial charge in [-0.1, -0.05) is 41.9 Å². The van der Waals surface area contributed by atoms with Gasteiger partial charge in [0.25, 0.3) is 5.91 Å². The van der Waals surface area contributed by atoms with Crippen molar-refractivity contribution >= 4 is 56.6 Å². The number of likely N-dealkylation sites (tertiary alicyclic amines) is 1. The van der Waals surface area contributed by atoms with E-state index < -0.39 is 45.1 Å². The maximum absolute atomic E-state index is 14.0. The average molecular weight is 609 g/mol. The minimum absolute atomic E-state index is 0.0214. The van der Waals surface area contributed by atoms with Crippen molar-refractivity contribution in [1.29, 1.82) is 0 Å². The summed E-state index contributed by atoms with van der Waals surface area (Å²) in [6.45, 7) is 0.320. The van der Waals surface area contributed by atoms with Gasteiger partial charge in [0.1, 0.15) is 11.8 Å². The number of ether oxygens (including phenoxy) is 1. The molecule has 0 saturated carbocycles. The van der Waals surface area contributed by atoms with Crippen molar-refractivity contribution in [3.05, 3.63) is 88.4 Å². The summed E-state index contributed by atoms with van der Waals surface area (Å²) in [6, 6.07) is 17.1. The summed E-state index contributed by atoms with van der Waals surface area (Å²) >= 11 is 6.24. The summed E-state index contributed by atoms with van der Waals surface area (Å²) in [5, 5.41) is 8.39. The van der Waals surface area contributed by atoms with Crippen LogP contribution in [0, 0.1) is 0 Å². The van der Waals surface area contributed by atoms with Crippen LogP contribution in [0.4, 0.5) is 16.2 Å². The molecule has 6 rings (SSSR count). The third-order valence-corrected chi connectivity index (χ3v) is 9.49. The number of anilines is 2. The summed E-state index contributed by atoms with van der Waals surface area (Å²) in [5.41, 5.74) is 1.03. The molecule has 1 spiro atoms. The first-order valence-electron chi connectivity index (χ1n) is 13.1. The third kappa shape index (κ3) is 5.19. The van der Waals surface area contributed by atoms with Gasteiger partial charge in [-0.2, -0.15) is 0 Å². The van der Waals surface area contributed by atoms with E-state index in [-0.39, 0.29) is 41.6 Å². The van der Waals surface area contributed by atoms with Crippen molar-refractivity contribution in [2.75, 3.05) is 29.5 Å². The van der Waals surface area contributed by atoms with Crippen molar-refractivity contribution in [1.82, 2.24) is 10.2 Å². The molecular weight excluding hydrogens is 584 g/mol. The molecule has 2 unspecified atom stereocenters. The number of hydrogen-bond acceptors (Lipinski definition) is 7. The first-order valence-corrected chi connectivity index (χ1v) is 15.2. The number of hydrogen-bond donors (Lipinski definition) is 3. The molecule has 1 fully saturated rings. The number of fused-ring (bicyclic) bond motifs is 3. The molecule has 3 aliphatic rings. The Bertz CT molecular complexity index is 1750. The molecule has 13 heteroatoms. The van der Waals surface area contributed by atoms with E-state index in [1.165, 1.54) is 18.2 Å².